The summed E-state index contributed by atoms with van der Waals surface area (Å²) in [6.07, 6.45) is 0. The molecule has 10 heavy (non-hydrogen) atoms. The SMILES string of the molecule is O=C(O)c1cc(F)c(Cl)s1. The minimum absolute atomic E-state index is 0.0810. The summed E-state index contributed by atoms with van der Waals surface area (Å²) < 4.78 is 12.2. The van der Waals surface area contributed by atoms with Crippen molar-refractivity contribution >= 4 is 28.9 Å². The molecule has 0 radical (unpaired) electrons. The first-order valence-corrected chi connectivity index (χ1v) is 3.49. The lowest BCUT2D eigenvalue weighted by atomic mass is 10.5. The molecule has 0 atom stereocenters. The first kappa shape index (κ1) is 7.50. The maximum Gasteiger partial charge on any atom is 0.346 e. The van der Waals surface area contributed by atoms with E-state index in [-0.39, 0.29) is 9.21 Å². The predicted octanol–water partition coefficient (Wildman–Crippen LogP) is 2.24. The van der Waals surface area contributed by atoms with Crippen molar-refractivity contribution in [2.45, 2.75) is 0 Å². The van der Waals surface area contributed by atoms with E-state index in [1.54, 1.807) is 0 Å². The highest BCUT2D eigenvalue weighted by Gasteiger charge is 2.11. The molecule has 0 fully saturated rings. The fourth-order valence-corrected chi connectivity index (χ4v) is 1.36. The molecule has 1 N–H and O–H groups in total. The van der Waals surface area contributed by atoms with Crippen LogP contribution < -0.4 is 0 Å². The summed E-state index contributed by atoms with van der Waals surface area (Å²) in [4.78, 5) is 10.1. The second kappa shape index (κ2) is 2.56. The lowest BCUT2D eigenvalue weighted by Crippen LogP contribution is -1.89. The van der Waals surface area contributed by atoms with Crippen LogP contribution in [0.3, 0.4) is 0 Å². The van der Waals surface area contributed by atoms with Crippen LogP contribution in [-0.2, 0) is 0 Å². The summed E-state index contributed by atoms with van der Waals surface area (Å²) >= 11 is 5.97. The molecule has 0 aliphatic rings. The highest BCUT2D eigenvalue weighted by molar-refractivity contribution is 7.17. The average Bonchev–Trinajstić information content (AvgIpc) is 2.13. The third kappa shape index (κ3) is 1.27. The molecule has 0 spiro atoms. The van der Waals surface area contributed by atoms with Gasteiger partial charge in [-0.1, -0.05) is 11.6 Å². The van der Waals surface area contributed by atoms with Crippen molar-refractivity contribution in [2.75, 3.05) is 0 Å². The quantitative estimate of drug-likeness (QED) is 0.720. The summed E-state index contributed by atoms with van der Waals surface area (Å²) in [5.74, 6) is -1.83. The fraction of sp³-hybridized carbons (Fsp3) is 0. The van der Waals surface area contributed by atoms with Crippen LogP contribution in [0.4, 0.5) is 4.39 Å². The third-order valence-electron chi connectivity index (χ3n) is 0.856. The van der Waals surface area contributed by atoms with Crippen molar-refractivity contribution in [3.8, 4) is 0 Å². The molecule has 0 amide bonds. The Hall–Kier alpha value is -0.610. The number of carboxylic acids is 1. The zero-order valence-electron chi connectivity index (χ0n) is 4.60. The molecule has 2 nitrogen and oxygen atoms in total. The van der Waals surface area contributed by atoms with E-state index in [1.807, 2.05) is 0 Å². The van der Waals surface area contributed by atoms with Gasteiger partial charge in [0.15, 0.2) is 5.82 Å². The summed E-state index contributed by atoms with van der Waals surface area (Å²) in [6.45, 7) is 0. The van der Waals surface area contributed by atoms with Crippen LogP contribution in [-0.4, -0.2) is 11.1 Å². The molecule has 0 bridgehead atoms. The molecule has 1 heterocycles. The summed E-state index contributed by atoms with van der Waals surface area (Å²) in [5.41, 5.74) is 0. The van der Waals surface area contributed by atoms with Crippen molar-refractivity contribution in [3.05, 3.63) is 21.1 Å². The molecule has 0 aliphatic carbocycles. The van der Waals surface area contributed by atoms with E-state index in [4.69, 9.17) is 16.7 Å². The number of hydrogen-bond acceptors (Lipinski definition) is 2. The molecule has 0 unspecified atom stereocenters. The molecule has 54 valence electrons. The van der Waals surface area contributed by atoms with E-state index >= 15 is 0 Å². The van der Waals surface area contributed by atoms with Gasteiger partial charge in [0.2, 0.25) is 0 Å². The number of rotatable bonds is 1. The molecule has 0 saturated heterocycles. The molecule has 0 saturated carbocycles. The zero-order chi connectivity index (χ0) is 7.72. The number of thiophene rings is 1. The van der Waals surface area contributed by atoms with Crippen LogP contribution in [0, 0.1) is 5.82 Å². The van der Waals surface area contributed by atoms with Gasteiger partial charge in [0.05, 0.1) is 0 Å². The Labute approximate surface area is 64.9 Å². The average molecular weight is 181 g/mol. The fourth-order valence-electron chi connectivity index (χ4n) is 0.452. The van der Waals surface area contributed by atoms with Crippen molar-refractivity contribution in [2.24, 2.45) is 0 Å². The van der Waals surface area contributed by atoms with Crippen LogP contribution in [0.1, 0.15) is 9.67 Å². The Morgan fingerprint density at radius 3 is 2.60 bits per heavy atom. The Bertz CT molecular complexity index is 251. The number of aromatic carboxylic acids is 1. The number of halogens is 2. The van der Waals surface area contributed by atoms with Gasteiger partial charge in [-0.3, -0.25) is 0 Å². The maximum atomic E-state index is 12.3. The van der Waals surface area contributed by atoms with E-state index < -0.39 is 11.8 Å². The van der Waals surface area contributed by atoms with Gasteiger partial charge in [-0.05, 0) is 0 Å². The van der Waals surface area contributed by atoms with Gasteiger partial charge < -0.3 is 5.11 Å². The summed E-state index contributed by atoms with van der Waals surface area (Å²) in [6, 6.07) is 0.898. The Kier molecular flexibility index (Phi) is 1.92. The summed E-state index contributed by atoms with van der Waals surface area (Å²) in [7, 11) is 0. The van der Waals surface area contributed by atoms with Crippen molar-refractivity contribution in [1.82, 2.24) is 0 Å². The monoisotopic (exact) mass is 180 g/mol. The van der Waals surface area contributed by atoms with Gasteiger partial charge >= 0.3 is 5.97 Å². The highest BCUT2D eigenvalue weighted by atomic mass is 35.5. The van der Waals surface area contributed by atoms with Crippen LogP contribution in [0.15, 0.2) is 6.07 Å². The molecule has 0 aromatic carbocycles. The smallest absolute Gasteiger partial charge is 0.346 e. The maximum absolute atomic E-state index is 12.3. The molecule has 0 aliphatic heterocycles. The Morgan fingerprint density at radius 2 is 2.40 bits per heavy atom. The Morgan fingerprint density at radius 1 is 1.80 bits per heavy atom. The van der Waals surface area contributed by atoms with Crippen molar-refractivity contribution < 1.29 is 14.3 Å². The summed E-state index contributed by atoms with van der Waals surface area (Å²) in [5, 5.41) is 8.31. The molecule has 1 aromatic rings. The minimum Gasteiger partial charge on any atom is -0.477 e. The van der Waals surface area contributed by atoms with Crippen LogP contribution in [0.25, 0.3) is 0 Å². The van der Waals surface area contributed by atoms with Gasteiger partial charge in [0.1, 0.15) is 9.21 Å². The molecule has 1 rings (SSSR count). The van der Waals surface area contributed by atoms with Crippen LogP contribution >= 0.6 is 22.9 Å². The topological polar surface area (TPSA) is 37.3 Å². The van der Waals surface area contributed by atoms with Gasteiger partial charge in [0.25, 0.3) is 0 Å². The number of hydrogen-bond donors (Lipinski definition) is 1. The van der Waals surface area contributed by atoms with Gasteiger partial charge in [-0.25, -0.2) is 9.18 Å². The molecule has 1 aromatic heterocycles. The minimum atomic E-state index is -1.16. The van der Waals surface area contributed by atoms with E-state index in [0.717, 1.165) is 6.07 Å². The Balaban J connectivity index is 3.10. The van der Waals surface area contributed by atoms with E-state index in [0.29, 0.717) is 11.3 Å². The molecular formula is C5H2ClFO2S. The van der Waals surface area contributed by atoms with Crippen molar-refractivity contribution in [1.29, 1.82) is 0 Å². The molecule has 5 heteroatoms. The third-order valence-corrected chi connectivity index (χ3v) is 2.15. The molecular weight excluding hydrogens is 179 g/mol. The first-order valence-electron chi connectivity index (χ1n) is 2.29. The van der Waals surface area contributed by atoms with E-state index in [2.05, 4.69) is 0 Å². The second-order valence-corrected chi connectivity index (χ2v) is 3.19. The number of carbonyl (C=O) groups is 1. The number of carboxylic acid groups (broad SMARTS) is 1. The van der Waals surface area contributed by atoms with Crippen LogP contribution in [0.2, 0.25) is 4.34 Å². The predicted molar refractivity (Wildman–Crippen MR) is 36.2 cm³/mol. The van der Waals surface area contributed by atoms with Gasteiger partial charge in [0, 0.05) is 6.07 Å². The largest absolute Gasteiger partial charge is 0.477 e. The van der Waals surface area contributed by atoms with Crippen LogP contribution in [0.5, 0.6) is 0 Å². The van der Waals surface area contributed by atoms with Crippen molar-refractivity contribution in [3.63, 3.8) is 0 Å². The van der Waals surface area contributed by atoms with Gasteiger partial charge in [-0.15, -0.1) is 11.3 Å². The first-order chi connectivity index (χ1) is 4.61. The lowest BCUT2D eigenvalue weighted by molar-refractivity contribution is 0.0702. The standard InChI is InChI=1S/C5H2ClFO2S/c6-4-2(7)1-3(10-4)5(8)9/h1H,(H,8,9). The van der Waals surface area contributed by atoms with E-state index in [9.17, 15) is 9.18 Å². The zero-order valence-corrected chi connectivity index (χ0v) is 6.17. The highest BCUT2D eigenvalue weighted by Crippen LogP contribution is 2.25. The lowest BCUT2D eigenvalue weighted by Gasteiger charge is -1.79. The van der Waals surface area contributed by atoms with E-state index in [1.165, 1.54) is 0 Å². The second-order valence-electron chi connectivity index (χ2n) is 1.54. The normalized spacial score (nSPS) is 9.80. The van der Waals surface area contributed by atoms with Gasteiger partial charge in [-0.2, -0.15) is 0 Å².